The SMILES string of the molecule is Fc1ccc(CNC(=S)NCc2cccs2)cc1. The molecule has 18 heavy (non-hydrogen) atoms. The van der Waals surface area contributed by atoms with Gasteiger partial charge in [0.2, 0.25) is 0 Å². The molecule has 2 nitrogen and oxygen atoms in total. The Balaban J connectivity index is 1.73. The van der Waals surface area contributed by atoms with E-state index in [0.29, 0.717) is 11.7 Å². The topological polar surface area (TPSA) is 24.1 Å². The molecule has 0 aliphatic rings. The lowest BCUT2D eigenvalue weighted by molar-refractivity contribution is 0.626. The van der Waals surface area contributed by atoms with Crippen molar-refractivity contribution >= 4 is 28.7 Å². The van der Waals surface area contributed by atoms with Crippen LogP contribution in [0, 0.1) is 5.82 Å². The highest BCUT2D eigenvalue weighted by atomic mass is 32.1. The fourth-order valence-corrected chi connectivity index (χ4v) is 2.22. The molecule has 0 saturated heterocycles. The zero-order chi connectivity index (χ0) is 12.8. The summed E-state index contributed by atoms with van der Waals surface area (Å²) in [6, 6.07) is 10.4. The second-order valence-electron chi connectivity index (χ2n) is 3.74. The molecule has 0 bridgehead atoms. The third-order valence-corrected chi connectivity index (χ3v) is 3.53. The van der Waals surface area contributed by atoms with Gasteiger partial charge in [-0.15, -0.1) is 11.3 Å². The zero-order valence-corrected chi connectivity index (χ0v) is 11.3. The minimum Gasteiger partial charge on any atom is -0.359 e. The van der Waals surface area contributed by atoms with Crippen molar-refractivity contribution in [1.82, 2.24) is 10.6 Å². The smallest absolute Gasteiger partial charge is 0.166 e. The fraction of sp³-hybridized carbons (Fsp3) is 0.154. The Kier molecular flexibility index (Phi) is 4.66. The number of benzene rings is 1. The fourth-order valence-electron chi connectivity index (χ4n) is 1.43. The van der Waals surface area contributed by atoms with Crippen molar-refractivity contribution in [3.8, 4) is 0 Å². The summed E-state index contributed by atoms with van der Waals surface area (Å²) in [4.78, 5) is 1.24. The van der Waals surface area contributed by atoms with Gasteiger partial charge in [0.05, 0.1) is 6.54 Å². The van der Waals surface area contributed by atoms with Gasteiger partial charge < -0.3 is 10.6 Å². The van der Waals surface area contributed by atoms with Crippen LogP contribution in [0.2, 0.25) is 0 Å². The van der Waals surface area contributed by atoms with E-state index in [0.717, 1.165) is 12.1 Å². The molecule has 1 aromatic carbocycles. The average Bonchev–Trinajstić information content (AvgIpc) is 2.89. The lowest BCUT2D eigenvalue weighted by atomic mass is 10.2. The standard InChI is InChI=1S/C13H13FN2S2/c14-11-5-3-10(4-6-11)8-15-13(17)16-9-12-2-1-7-18-12/h1-7H,8-9H2,(H2,15,16,17). The van der Waals surface area contributed by atoms with Gasteiger partial charge in [-0.2, -0.15) is 0 Å². The predicted octanol–water partition coefficient (Wildman–Crippen LogP) is 3.05. The van der Waals surface area contributed by atoms with Crippen molar-refractivity contribution in [1.29, 1.82) is 0 Å². The van der Waals surface area contributed by atoms with Gasteiger partial charge in [0, 0.05) is 11.4 Å². The molecule has 0 saturated carbocycles. The van der Waals surface area contributed by atoms with Gasteiger partial charge in [-0.1, -0.05) is 18.2 Å². The zero-order valence-electron chi connectivity index (χ0n) is 9.65. The van der Waals surface area contributed by atoms with Crippen molar-refractivity contribution < 1.29 is 4.39 Å². The highest BCUT2D eigenvalue weighted by Gasteiger charge is 1.98. The first-order valence-electron chi connectivity index (χ1n) is 5.52. The van der Waals surface area contributed by atoms with Crippen molar-refractivity contribution in [2.75, 3.05) is 0 Å². The van der Waals surface area contributed by atoms with Gasteiger partial charge in [0.15, 0.2) is 5.11 Å². The first-order chi connectivity index (χ1) is 8.74. The van der Waals surface area contributed by atoms with Crippen LogP contribution in [0.3, 0.4) is 0 Å². The highest BCUT2D eigenvalue weighted by Crippen LogP contribution is 2.07. The summed E-state index contributed by atoms with van der Waals surface area (Å²) in [6.07, 6.45) is 0. The molecule has 0 aliphatic carbocycles. The molecule has 0 radical (unpaired) electrons. The molecule has 5 heteroatoms. The summed E-state index contributed by atoms with van der Waals surface area (Å²) >= 11 is 6.85. The summed E-state index contributed by atoms with van der Waals surface area (Å²) in [5.74, 6) is -0.225. The molecule has 0 fully saturated rings. The number of hydrogen-bond acceptors (Lipinski definition) is 2. The molecular weight excluding hydrogens is 267 g/mol. The Morgan fingerprint density at radius 3 is 2.50 bits per heavy atom. The third-order valence-electron chi connectivity index (χ3n) is 2.37. The second kappa shape index (κ2) is 6.47. The first kappa shape index (κ1) is 13.0. The van der Waals surface area contributed by atoms with E-state index in [2.05, 4.69) is 16.7 Å². The van der Waals surface area contributed by atoms with Crippen LogP contribution in [-0.2, 0) is 13.1 Å². The Labute approximate surface area is 115 Å². The number of hydrogen-bond donors (Lipinski definition) is 2. The largest absolute Gasteiger partial charge is 0.359 e. The minimum absolute atomic E-state index is 0.225. The maximum Gasteiger partial charge on any atom is 0.166 e. The molecule has 1 aromatic heterocycles. The van der Waals surface area contributed by atoms with Crippen LogP contribution in [0.15, 0.2) is 41.8 Å². The molecule has 2 rings (SSSR count). The minimum atomic E-state index is -0.225. The summed E-state index contributed by atoms with van der Waals surface area (Å²) in [5.41, 5.74) is 0.997. The average molecular weight is 280 g/mol. The predicted molar refractivity (Wildman–Crippen MR) is 77.0 cm³/mol. The Morgan fingerprint density at radius 2 is 1.83 bits per heavy atom. The van der Waals surface area contributed by atoms with E-state index >= 15 is 0 Å². The molecule has 0 spiro atoms. The van der Waals surface area contributed by atoms with Gasteiger partial charge in [-0.3, -0.25) is 0 Å². The normalized spacial score (nSPS) is 10.1. The number of thiophene rings is 1. The van der Waals surface area contributed by atoms with Gasteiger partial charge in [0.1, 0.15) is 5.82 Å². The van der Waals surface area contributed by atoms with Crippen LogP contribution in [0.25, 0.3) is 0 Å². The second-order valence-corrected chi connectivity index (χ2v) is 5.18. The lowest BCUT2D eigenvalue weighted by Gasteiger charge is -2.09. The van der Waals surface area contributed by atoms with Gasteiger partial charge in [-0.25, -0.2) is 4.39 Å². The van der Waals surface area contributed by atoms with Crippen molar-refractivity contribution in [2.24, 2.45) is 0 Å². The molecule has 0 atom stereocenters. The quantitative estimate of drug-likeness (QED) is 0.842. The summed E-state index contributed by atoms with van der Waals surface area (Å²) in [6.45, 7) is 1.32. The molecule has 1 heterocycles. The number of nitrogens with one attached hydrogen (secondary N) is 2. The molecule has 2 aromatic rings. The number of thiocarbonyl (C=S) groups is 1. The summed E-state index contributed by atoms with van der Waals surface area (Å²) in [7, 11) is 0. The Bertz CT molecular complexity index is 494. The van der Waals surface area contributed by atoms with Crippen LogP contribution in [0.4, 0.5) is 4.39 Å². The van der Waals surface area contributed by atoms with Crippen LogP contribution >= 0.6 is 23.6 Å². The maximum absolute atomic E-state index is 12.7. The van der Waals surface area contributed by atoms with Crippen molar-refractivity contribution in [2.45, 2.75) is 13.1 Å². The van der Waals surface area contributed by atoms with Gasteiger partial charge in [-0.05, 0) is 41.4 Å². The molecule has 94 valence electrons. The van der Waals surface area contributed by atoms with Crippen LogP contribution in [0.1, 0.15) is 10.4 Å². The summed E-state index contributed by atoms with van der Waals surface area (Å²) in [5, 5.41) is 8.84. The maximum atomic E-state index is 12.7. The first-order valence-corrected chi connectivity index (χ1v) is 6.81. The van der Waals surface area contributed by atoms with Crippen molar-refractivity contribution in [3.05, 3.63) is 58.0 Å². The monoisotopic (exact) mass is 280 g/mol. The molecule has 0 amide bonds. The van der Waals surface area contributed by atoms with E-state index in [1.165, 1.54) is 17.0 Å². The van der Waals surface area contributed by atoms with E-state index in [1.807, 2.05) is 11.4 Å². The van der Waals surface area contributed by atoms with Crippen LogP contribution in [-0.4, -0.2) is 5.11 Å². The van der Waals surface area contributed by atoms with Crippen molar-refractivity contribution in [3.63, 3.8) is 0 Å². The molecule has 2 N–H and O–H groups in total. The Morgan fingerprint density at radius 1 is 1.11 bits per heavy atom. The molecular formula is C13H13FN2S2. The highest BCUT2D eigenvalue weighted by molar-refractivity contribution is 7.80. The number of rotatable bonds is 4. The third kappa shape index (κ3) is 4.09. The van der Waals surface area contributed by atoms with E-state index in [1.54, 1.807) is 23.5 Å². The lowest BCUT2D eigenvalue weighted by Crippen LogP contribution is -2.34. The van der Waals surface area contributed by atoms with Gasteiger partial charge >= 0.3 is 0 Å². The number of halogens is 1. The molecule has 0 unspecified atom stereocenters. The summed E-state index contributed by atoms with van der Waals surface area (Å²) < 4.78 is 12.7. The Hall–Kier alpha value is -1.46. The van der Waals surface area contributed by atoms with E-state index in [4.69, 9.17) is 12.2 Å². The molecule has 0 aliphatic heterocycles. The van der Waals surface area contributed by atoms with E-state index in [9.17, 15) is 4.39 Å². The van der Waals surface area contributed by atoms with Crippen LogP contribution < -0.4 is 10.6 Å². The van der Waals surface area contributed by atoms with E-state index in [-0.39, 0.29) is 5.82 Å². The van der Waals surface area contributed by atoms with Crippen LogP contribution in [0.5, 0.6) is 0 Å². The van der Waals surface area contributed by atoms with E-state index < -0.39 is 0 Å². The van der Waals surface area contributed by atoms with Gasteiger partial charge in [0.25, 0.3) is 0 Å².